The summed E-state index contributed by atoms with van der Waals surface area (Å²) < 4.78 is 11.8. The summed E-state index contributed by atoms with van der Waals surface area (Å²) in [6.07, 6.45) is 3.51. The number of para-hydroxylation sites is 2. The Morgan fingerprint density at radius 3 is 2.54 bits per heavy atom. The summed E-state index contributed by atoms with van der Waals surface area (Å²) in [7, 11) is 1.81. The van der Waals surface area contributed by atoms with Gasteiger partial charge in [-0.3, -0.25) is 4.99 Å². The molecule has 28 heavy (non-hydrogen) atoms. The quantitative estimate of drug-likeness (QED) is 0.394. The third-order valence-electron chi connectivity index (χ3n) is 4.68. The molecule has 2 aliphatic heterocycles. The topological polar surface area (TPSA) is 75.1 Å². The van der Waals surface area contributed by atoms with Gasteiger partial charge in [-0.05, 0) is 18.2 Å². The Bertz CT molecular complexity index is 783. The van der Waals surface area contributed by atoms with Crippen LogP contribution in [0.25, 0.3) is 0 Å². The molecule has 0 radical (unpaired) electrons. The van der Waals surface area contributed by atoms with E-state index in [1.807, 2.05) is 37.4 Å². The summed E-state index contributed by atoms with van der Waals surface area (Å²) in [5, 5.41) is 3.42. The van der Waals surface area contributed by atoms with Crippen molar-refractivity contribution >= 4 is 35.9 Å². The highest BCUT2D eigenvalue weighted by Crippen LogP contribution is 2.30. The molecule has 0 bridgehead atoms. The van der Waals surface area contributed by atoms with Crippen molar-refractivity contribution in [2.75, 3.05) is 51.3 Å². The van der Waals surface area contributed by atoms with E-state index in [0.717, 1.165) is 49.6 Å². The lowest BCUT2D eigenvalue weighted by atomic mass is 10.2. The fraction of sp³-hybridized carbons (Fsp3) is 0.421. The maximum Gasteiger partial charge on any atom is 0.225 e. The molecule has 0 saturated carbocycles. The van der Waals surface area contributed by atoms with Gasteiger partial charge in [0.1, 0.15) is 12.7 Å². The fourth-order valence-corrected chi connectivity index (χ4v) is 3.27. The van der Waals surface area contributed by atoms with Gasteiger partial charge in [0.2, 0.25) is 5.95 Å². The number of hydrogen-bond donors (Lipinski definition) is 1. The maximum atomic E-state index is 6.00. The Hall–Kier alpha value is -2.30. The number of fused-ring (bicyclic) bond motifs is 1. The number of anilines is 1. The molecule has 8 nitrogen and oxygen atoms in total. The minimum atomic E-state index is -0.0457. The van der Waals surface area contributed by atoms with Crippen molar-refractivity contribution in [2.24, 2.45) is 4.99 Å². The molecule has 0 amide bonds. The molecule has 3 heterocycles. The van der Waals surface area contributed by atoms with Crippen molar-refractivity contribution < 1.29 is 9.47 Å². The van der Waals surface area contributed by atoms with E-state index < -0.39 is 0 Å². The zero-order chi connectivity index (χ0) is 18.5. The van der Waals surface area contributed by atoms with Crippen molar-refractivity contribution in [1.29, 1.82) is 0 Å². The molecule has 0 aliphatic carbocycles. The highest BCUT2D eigenvalue weighted by Gasteiger charge is 2.24. The van der Waals surface area contributed by atoms with Crippen LogP contribution in [0.5, 0.6) is 11.5 Å². The van der Waals surface area contributed by atoms with Crippen LogP contribution >= 0.6 is 24.0 Å². The molecule has 2 aliphatic rings. The molecule has 1 atom stereocenters. The van der Waals surface area contributed by atoms with Crippen LogP contribution in [0.1, 0.15) is 0 Å². The molecule has 4 rings (SSSR count). The highest BCUT2D eigenvalue weighted by molar-refractivity contribution is 14.0. The van der Waals surface area contributed by atoms with Crippen LogP contribution in [0.15, 0.2) is 47.7 Å². The molecule has 1 aromatic heterocycles. The van der Waals surface area contributed by atoms with Gasteiger partial charge < -0.3 is 24.6 Å². The van der Waals surface area contributed by atoms with Gasteiger partial charge >= 0.3 is 0 Å². The number of nitrogens with zero attached hydrogens (tertiary/aromatic N) is 5. The number of aromatic nitrogens is 2. The number of rotatable bonds is 3. The molecule has 1 fully saturated rings. The van der Waals surface area contributed by atoms with Gasteiger partial charge in [0.05, 0.1) is 6.54 Å². The molecular weight excluding hydrogens is 471 g/mol. The van der Waals surface area contributed by atoms with Crippen molar-refractivity contribution in [3.8, 4) is 11.5 Å². The summed E-state index contributed by atoms with van der Waals surface area (Å²) in [6.45, 7) is 4.62. The predicted molar refractivity (Wildman–Crippen MR) is 119 cm³/mol. The molecule has 1 saturated heterocycles. The largest absolute Gasteiger partial charge is 0.486 e. The minimum Gasteiger partial charge on any atom is -0.486 e. The molecule has 2 aromatic rings. The van der Waals surface area contributed by atoms with Gasteiger partial charge in [-0.25, -0.2) is 9.97 Å². The number of benzene rings is 1. The van der Waals surface area contributed by atoms with E-state index in [2.05, 4.69) is 30.1 Å². The van der Waals surface area contributed by atoms with Crippen molar-refractivity contribution in [1.82, 2.24) is 20.2 Å². The summed E-state index contributed by atoms with van der Waals surface area (Å²) >= 11 is 0. The first kappa shape index (κ1) is 20.4. The monoisotopic (exact) mass is 496 g/mol. The Balaban J connectivity index is 0.00000225. The fourth-order valence-electron chi connectivity index (χ4n) is 3.27. The summed E-state index contributed by atoms with van der Waals surface area (Å²) in [4.78, 5) is 17.5. The van der Waals surface area contributed by atoms with Crippen molar-refractivity contribution in [3.63, 3.8) is 0 Å². The first-order chi connectivity index (χ1) is 13.3. The van der Waals surface area contributed by atoms with E-state index in [4.69, 9.17) is 9.47 Å². The number of nitrogens with one attached hydrogen (secondary N) is 1. The van der Waals surface area contributed by atoms with Crippen LogP contribution in [0.3, 0.4) is 0 Å². The van der Waals surface area contributed by atoms with Gasteiger partial charge in [0.15, 0.2) is 17.5 Å². The van der Waals surface area contributed by atoms with Gasteiger partial charge in [0.25, 0.3) is 0 Å². The Kier molecular flexibility index (Phi) is 7.12. The molecule has 1 N–H and O–H groups in total. The van der Waals surface area contributed by atoms with E-state index in [9.17, 15) is 0 Å². The average molecular weight is 496 g/mol. The second-order valence-electron chi connectivity index (χ2n) is 6.45. The average Bonchev–Trinajstić information content (AvgIpc) is 2.75. The first-order valence-electron chi connectivity index (χ1n) is 9.19. The maximum absolute atomic E-state index is 6.00. The molecule has 150 valence electrons. The standard InChI is InChI=1S/C19H24N6O2.HI/c1-20-18(23-13-15-14-26-16-5-2-3-6-17(16)27-15)24-9-11-25(12-10-24)19-21-7-4-8-22-19;/h2-8,15H,9-14H2,1H3,(H,20,23);1H. The van der Waals surface area contributed by atoms with Crippen LogP contribution in [0.2, 0.25) is 0 Å². The van der Waals surface area contributed by atoms with E-state index >= 15 is 0 Å². The lowest BCUT2D eigenvalue weighted by Gasteiger charge is -2.37. The van der Waals surface area contributed by atoms with Crippen LogP contribution < -0.4 is 19.7 Å². The van der Waals surface area contributed by atoms with Gasteiger partial charge in [0, 0.05) is 45.6 Å². The summed E-state index contributed by atoms with van der Waals surface area (Å²) in [5.41, 5.74) is 0. The Labute approximate surface area is 182 Å². The molecule has 1 unspecified atom stereocenters. The van der Waals surface area contributed by atoms with E-state index in [-0.39, 0.29) is 30.1 Å². The predicted octanol–water partition coefficient (Wildman–Crippen LogP) is 1.63. The number of ether oxygens (including phenoxy) is 2. The first-order valence-corrected chi connectivity index (χ1v) is 9.19. The summed E-state index contributed by atoms with van der Waals surface area (Å²) in [5.74, 6) is 3.26. The zero-order valence-corrected chi connectivity index (χ0v) is 18.2. The third kappa shape index (κ3) is 4.75. The van der Waals surface area contributed by atoms with Crippen molar-refractivity contribution in [2.45, 2.75) is 6.10 Å². The van der Waals surface area contributed by atoms with Crippen LogP contribution in [0.4, 0.5) is 5.95 Å². The lowest BCUT2D eigenvalue weighted by molar-refractivity contribution is 0.0930. The second kappa shape index (κ2) is 9.76. The summed E-state index contributed by atoms with van der Waals surface area (Å²) in [6, 6.07) is 9.59. The van der Waals surface area contributed by atoms with E-state index in [1.165, 1.54) is 0 Å². The van der Waals surface area contributed by atoms with Gasteiger partial charge in [-0.2, -0.15) is 0 Å². The Morgan fingerprint density at radius 1 is 1.11 bits per heavy atom. The smallest absolute Gasteiger partial charge is 0.225 e. The van der Waals surface area contributed by atoms with Crippen LogP contribution in [0, 0.1) is 0 Å². The van der Waals surface area contributed by atoms with E-state index in [0.29, 0.717) is 13.2 Å². The lowest BCUT2D eigenvalue weighted by Crippen LogP contribution is -2.54. The molecule has 9 heteroatoms. The SMILES string of the molecule is CN=C(NCC1COc2ccccc2O1)N1CCN(c2ncccn2)CC1.I. The van der Waals surface area contributed by atoms with Gasteiger partial charge in [-0.15, -0.1) is 24.0 Å². The normalized spacial score (nSPS) is 19.0. The highest BCUT2D eigenvalue weighted by atomic mass is 127. The number of halogens is 1. The van der Waals surface area contributed by atoms with Gasteiger partial charge in [-0.1, -0.05) is 12.1 Å². The molecule has 0 spiro atoms. The second-order valence-corrected chi connectivity index (χ2v) is 6.45. The third-order valence-corrected chi connectivity index (χ3v) is 4.68. The molecular formula is C19H25IN6O2. The van der Waals surface area contributed by atoms with Crippen LogP contribution in [-0.2, 0) is 0 Å². The molecule has 1 aromatic carbocycles. The number of guanidine groups is 1. The van der Waals surface area contributed by atoms with Crippen molar-refractivity contribution in [3.05, 3.63) is 42.7 Å². The number of aliphatic imine (C=N–C) groups is 1. The minimum absolute atomic E-state index is 0. The van der Waals surface area contributed by atoms with Crippen LogP contribution in [-0.4, -0.2) is 73.3 Å². The Morgan fingerprint density at radius 2 is 1.82 bits per heavy atom. The zero-order valence-electron chi connectivity index (χ0n) is 15.8. The number of hydrogen-bond acceptors (Lipinski definition) is 6. The van der Waals surface area contributed by atoms with E-state index in [1.54, 1.807) is 12.4 Å². The number of piperazine rings is 1.